The van der Waals surface area contributed by atoms with E-state index in [1.54, 1.807) is 44.2 Å². The first-order chi connectivity index (χ1) is 12.4. The molecule has 0 saturated heterocycles. The fraction of sp³-hybridized carbons (Fsp3) is 0.211. The Morgan fingerprint density at radius 1 is 1.23 bits per heavy atom. The highest BCUT2D eigenvalue weighted by atomic mass is 35.5. The predicted octanol–water partition coefficient (Wildman–Crippen LogP) is 4.46. The van der Waals surface area contributed by atoms with Crippen molar-refractivity contribution < 1.29 is 14.3 Å². The summed E-state index contributed by atoms with van der Waals surface area (Å²) in [6, 6.07) is 12.4. The van der Waals surface area contributed by atoms with E-state index in [1.165, 1.54) is 6.07 Å². The van der Waals surface area contributed by atoms with Crippen LogP contribution in [0.5, 0.6) is 0 Å². The molecule has 0 bridgehead atoms. The van der Waals surface area contributed by atoms with Crippen LogP contribution in [0.2, 0.25) is 10.0 Å². The number of nitrogens with zero attached hydrogens (tertiary/aromatic N) is 1. The Bertz CT molecular complexity index is 874. The molecule has 0 aromatic heterocycles. The zero-order chi connectivity index (χ0) is 19.3. The Morgan fingerprint density at radius 3 is 2.46 bits per heavy atom. The van der Waals surface area contributed by atoms with Crippen LogP contribution in [0.4, 0.5) is 5.69 Å². The monoisotopic (exact) mass is 390 g/mol. The van der Waals surface area contributed by atoms with Gasteiger partial charge in [-0.1, -0.05) is 41.4 Å². The lowest BCUT2D eigenvalue weighted by molar-refractivity contribution is -0.152. The van der Waals surface area contributed by atoms with E-state index in [0.29, 0.717) is 26.9 Å². The summed E-state index contributed by atoms with van der Waals surface area (Å²) in [7, 11) is 0. The normalized spacial score (nSPS) is 11.3. The summed E-state index contributed by atoms with van der Waals surface area (Å²) >= 11 is 12.2. The minimum absolute atomic E-state index is 0.107. The van der Waals surface area contributed by atoms with Gasteiger partial charge in [-0.05, 0) is 48.7 Å². The minimum atomic E-state index is -0.969. The molecule has 0 saturated carbocycles. The number of hydrogen-bond acceptors (Lipinski definition) is 4. The zero-order valence-electron chi connectivity index (χ0n) is 14.2. The maximum absolute atomic E-state index is 11.8. The number of nitriles is 1. The van der Waals surface area contributed by atoms with Crippen LogP contribution in [0.15, 0.2) is 36.4 Å². The van der Waals surface area contributed by atoms with E-state index in [1.807, 2.05) is 0 Å². The van der Waals surface area contributed by atoms with Crippen LogP contribution < -0.4 is 5.32 Å². The van der Waals surface area contributed by atoms with Crippen molar-refractivity contribution >= 4 is 40.8 Å². The van der Waals surface area contributed by atoms with E-state index in [0.717, 1.165) is 5.56 Å². The van der Waals surface area contributed by atoms with Crippen molar-refractivity contribution in [3.05, 3.63) is 63.1 Å². The number of nitrogens with one attached hydrogen (secondary N) is 1. The smallest absolute Gasteiger partial charge is 0.397 e. The van der Waals surface area contributed by atoms with Gasteiger partial charge in [-0.3, -0.25) is 4.79 Å². The Morgan fingerprint density at radius 2 is 1.88 bits per heavy atom. The van der Waals surface area contributed by atoms with E-state index in [9.17, 15) is 14.9 Å². The average molecular weight is 391 g/mol. The molecule has 0 aliphatic rings. The maximum Gasteiger partial charge on any atom is 0.397 e. The summed E-state index contributed by atoms with van der Waals surface area (Å²) in [5.74, 6) is -2.44. The molecule has 1 atom stereocenters. The van der Waals surface area contributed by atoms with Gasteiger partial charge >= 0.3 is 11.9 Å². The Labute approximate surface area is 161 Å². The number of carbonyl (C=O) groups excluding carboxylic acids is 2. The van der Waals surface area contributed by atoms with Crippen molar-refractivity contribution in [3.63, 3.8) is 0 Å². The quantitative estimate of drug-likeness (QED) is 0.617. The molecule has 134 valence electrons. The van der Waals surface area contributed by atoms with Crippen LogP contribution >= 0.6 is 23.2 Å². The van der Waals surface area contributed by atoms with Gasteiger partial charge in [0.05, 0.1) is 18.6 Å². The zero-order valence-corrected chi connectivity index (χ0v) is 15.7. The fourth-order valence-electron chi connectivity index (χ4n) is 2.41. The molecule has 0 radical (unpaired) electrons. The van der Waals surface area contributed by atoms with Crippen LogP contribution in [0, 0.1) is 18.3 Å². The van der Waals surface area contributed by atoms with Crippen molar-refractivity contribution in [2.45, 2.75) is 19.8 Å². The van der Waals surface area contributed by atoms with Crippen molar-refractivity contribution in [2.24, 2.45) is 0 Å². The largest absolute Gasteiger partial charge is 0.459 e. The molecule has 1 unspecified atom stereocenters. The Hall–Kier alpha value is -2.55. The topological polar surface area (TPSA) is 79.2 Å². The second kappa shape index (κ2) is 8.70. The molecule has 0 heterocycles. The Kier molecular flexibility index (Phi) is 6.62. The number of benzene rings is 2. The number of ether oxygens (including phenoxy) is 1. The van der Waals surface area contributed by atoms with Gasteiger partial charge < -0.3 is 10.1 Å². The predicted molar refractivity (Wildman–Crippen MR) is 100 cm³/mol. The number of anilines is 1. The third-order valence-electron chi connectivity index (χ3n) is 3.70. The summed E-state index contributed by atoms with van der Waals surface area (Å²) in [5, 5.41) is 12.9. The van der Waals surface area contributed by atoms with Gasteiger partial charge in [0.25, 0.3) is 0 Å². The summed E-state index contributed by atoms with van der Waals surface area (Å²) in [6.45, 7) is 3.47. The number of carbonyl (C=O) groups is 2. The van der Waals surface area contributed by atoms with E-state index >= 15 is 0 Å². The molecular formula is C19H16Cl2N2O3. The molecule has 2 aromatic rings. The standard InChI is InChI=1S/C19H16Cl2N2O3/c1-3-26-19(25)18(24)23-17-9-16(21)14(8-11(17)2)15(10-22)12-4-6-13(20)7-5-12/h4-9,15H,3H2,1-2H3,(H,23,24). The van der Waals surface area contributed by atoms with Crippen molar-refractivity contribution in [2.75, 3.05) is 11.9 Å². The molecule has 7 heteroatoms. The number of amides is 1. The molecule has 1 N–H and O–H groups in total. The number of aryl methyl sites for hydroxylation is 1. The third-order valence-corrected chi connectivity index (χ3v) is 4.28. The molecular weight excluding hydrogens is 375 g/mol. The lowest BCUT2D eigenvalue weighted by Crippen LogP contribution is -2.25. The van der Waals surface area contributed by atoms with Gasteiger partial charge in [0.2, 0.25) is 0 Å². The van der Waals surface area contributed by atoms with Crippen LogP contribution in [-0.2, 0) is 14.3 Å². The maximum atomic E-state index is 11.8. The first-order valence-corrected chi connectivity index (χ1v) is 8.56. The molecule has 2 aromatic carbocycles. The van der Waals surface area contributed by atoms with E-state index in [2.05, 4.69) is 16.1 Å². The molecule has 5 nitrogen and oxygen atoms in total. The van der Waals surface area contributed by atoms with Crippen molar-refractivity contribution in [1.29, 1.82) is 5.26 Å². The van der Waals surface area contributed by atoms with E-state index < -0.39 is 17.8 Å². The number of rotatable bonds is 4. The second-order valence-corrected chi connectivity index (χ2v) is 6.32. The summed E-state index contributed by atoms with van der Waals surface area (Å²) < 4.78 is 4.66. The molecule has 0 spiro atoms. The van der Waals surface area contributed by atoms with Crippen LogP contribution in [-0.4, -0.2) is 18.5 Å². The minimum Gasteiger partial charge on any atom is -0.459 e. The van der Waals surface area contributed by atoms with Crippen molar-refractivity contribution in [3.8, 4) is 6.07 Å². The summed E-state index contributed by atoms with van der Waals surface area (Å²) in [4.78, 5) is 23.3. The molecule has 0 aliphatic carbocycles. The second-order valence-electron chi connectivity index (χ2n) is 5.48. The van der Waals surface area contributed by atoms with Gasteiger partial charge in [-0.2, -0.15) is 5.26 Å². The van der Waals surface area contributed by atoms with Gasteiger partial charge in [0.15, 0.2) is 0 Å². The molecule has 1 amide bonds. The van der Waals surface area contributed by atoms with Gasteiger partial charge in [0.1, 0.15) is 0 Å². The molecule has 2 rings (SSSR count). The number of esters is 1. The highest BCUT2D eigenvalue weighted by Gasteiger charge is 2.20. The number of halogens is 2. The van der Waals surface area contributed by atoms with Crippen molar-refractivity contribution in [1.82, 2.24) is 0 Å². The Balaban J connectivity index is 2.33. The number of hydrogen-bond donors (Lipinski definition) is 1. The highest BCUT2D eigenvalue weighted by Crippen LogP contribution is 2.34. The lowest BCUT2D eigenvalue weighted by Gasteiger charge is -2.16. The fourth-order valence-corrected chi connectivity index (χ4v) is 2.81. The van der Waals surface area contributed by atoms with Crippen LogP contribution in [0.1, 0.15) is 29.5 Å². The van der Waals surface area contributed by atoms with Crippen LogP contribution in [0.25, 0.3) is 0 Å². The lowest BCUT2D eigenvalue weighted by atomic mass is 9.91. The first kappa shape index (κ1) is 19.8. The van der Waals surface area contributed by atoms with Gasteiger partial charge in [0, 0.05) is 15.7 Å². The van der Waals surface area contributed by atoms with Crippen LogP contribution in [0.3, 0.4) is 0 Å². The summed E-state index contributed by atoms with van der Waals surface area (Å²) in [6.07, 6.45) is 0. The van der Waals surface area contributed by atoms with E-state index in [4.69, 9.17) is 23.2 Å². The molecule has 0 aliphatic heterocycles. The average Bonchev–Trinajstić information content (AvgIpc) is 2.61. The van der Waals surface area contributed by atoms with Gasteiger partial charge in [-0.15, -0.1) is 0 Å². The summed E-state index contributed by atoms with van der Waals surface area (Å²) in [5.41, 5.74) is 2.39. The van der Waals surface area contributed by atoms with E-state index in [-0.39, 0.29) is 6.61 Å². The highest BCUT2D eigenvalue weighted by molar-refractivity contribution is 6.37. The molecule has 26 heavy (non-hydrogen) atoms. The third kappa shape index (κ3) is 4.54. The SMILES string of the molecule is CCOC(=O)C(=O)Nc1cc(Cl)c(C(C#N)c2ccc(Cl)cc2)cc1C. The first-order valence-electron chi connectivity index (χ1n) is 7.80. The molecule has 0 fully saturated rings. The van der Waals surface area contributed by atoms with Gasteiger partial charge in [-0.25, -0.2) is 4.79 Å².